The first-order valence-corrected chi connectivity index (χ1v) is 10.6. The van der Waals surface area contributed by atoms with Crippen LogP contribution in [-0.4, -0.2) is 53.8 Å². The third kappa shape index (κ3) is 4.60. The van der Waals surface area contributed by atoms with Crippen molar-refractivity contribution in [2.24, 2.45) is 0 Å². The molecule has 0 aliphatic carbocycles. The number of rotatable bonds is 4. The number of hydrazine groups is 1. The predicted octanol–water partition coefficient (Wildman–Crippen LogP) is 4.23. The number of hydrogen-bond donors (Lipinski definition) is 0. The SMILES string of the molecule is CCOC(=O)C1=C(C)N2N(C(=O)OC)[C@H](OC(=O)OC(C)(C)C)C[C@]2(c2ccc(F)cc2)C1. The lowest BCUT2D eigenvalue weighted by atomic mass is 9.83. The first-order chi connectivity index (χ1) is 15.4. The van der Waals surface area contributed by atoms with Crippen molar-refractivity contribution in [1.29, 1.82) is 0 Å². The van der Waals surface area contributed by atoms with E-state index in [9.17, 15) is 18.8 Å². The molecule has 0 aromatic heterocycles. The average molecular weight is 464 g/mol. The molecule has 0 bridgehead atoms. The first kappa shape index (κ1) is 24.3. The van der Waals surface area contributed by atoms with E-state index in [4.69, 9.17) is 18.9 Å². The summed E-state index contributed by atoms with van der Waals surface area (Å²) in [6.45, 7) is 8.63. The molecule has 0 unspecified atom stereocenters. The Morgan fingerprint density at radius 3 is 2.36 bits per heavy atom. The Morgan fingerprint density at radius 2 is 1.82 bits per heavy atom. The molecule has 3 rings (SSSR count). The molecule has 1 aromatic carbocycles. The Labute approximate surface area is 192 Å². The highest BCUT2D eigenvalue weighted by atomic mass is 19.1. The minimum absolute atomic E-state index is 0.0905. The number of benzene rings is 1. The van der Waals surface area contributed by atoms with Crippen LogP contribution in [0.3, 0.4) is 0 Å². The van der Waals surface area contributed by atoms with Gasteiger partial charge in [0.1, 0.15) is 11.4 Å². The molecular formula is C23H29FN2O7. The van der Waals surface area contributed by atoms with Gasteiger partial charge in [-0.15, -0.1) is 0 Å². The van der Waals surface area contributed by atoms with Gasteiger partial charge < -0.3 is 18.9 Å². The normalized spacial score (nSPS) is 22.2. The van der Waals surface area contributed by atoms with E-state index in [-0.39, 0.29) is 19.4 Å². The van der Waals surface area contributed by atoms with Crippen molar-refractivity contribution in [3.63, 3.8) is 0 Å². The molecule has 2 atom stereocenters. The number of ether oxygens (including phenoxy) is 4. The number of hydrogen-bond acceptors (Lipinski definition) is 8. The van der Waals surface area contributed by atoms with Crippen molar-refractivity contribution in [1.82, 2.24) is 10.0 Å². The maximum atomic E-state index is 13.7. The lowest BCUT2D eigenvalue weighted by molar-refractivity contribution is -0.138. The first-order valence-electron chi connectivity index (χ1n) is 10.6. The van der Waals surface area contributed by atoms with Crippen molar-refractivity contribution in [2.75, 3.05) is 13.7 Å². The number of amides is 1. The molecule has 10 heteroatoms. The zero-order valence-electron chi connectivity index (χ0n) is 19.6. The van der Waals surface area contributed by atoms with Crippen LogP contribution in [0.2, 0.25) is 0 Å². The largest absolute Gasteiger partial charge is 0.510 e. The molecule has 33 heavy (non-hydrogen) atoms. The number of carbonyl (C=O) groups is 3. The number of carbonyl (C=O) groups excluding carboxylic acids is 3. The lowest BCUT2D eigenvalue weighted by Crippen LogP contribution is -2.49. The van der Waals surface area contributed by atoms with E-state index in [0.717, 1.165) is 5.01 Å². The number of allylic oxidation sites excluding steroid dienone is 1. The Bertz CT molecular complexity index is 970. The van der Waals surface area contributed by atoms with Crippen LogP contribution >= 0.6 is 0 Å². The van der Waals surface area contributed by atoms with E-state index < -0.39 is 41.4 Å². The summed E-state index contributed by atoms with van der Waals surface area (Å²) in [5, 5.41) is 2.72. The van der Waals surface area contributed by atoms with Crippen molar-refractivity contribution >= 4 is 18.2 Å². The van der Waals surface area contributed by atoms with Crippen LogP contribution in [0.4, 0.5) is 14.0 Å². The summed E-state index contributed by atoms with van der Waals surface area (Å²) < 4.78 is 34.7. The van der Waals surface area contributed by atoms with Crippen LogP contribution in [0.25, 0.3) is 0 Å². The van der Waals surface area contributed by atoms with Gasteiger partial charge in [0.2, 0.25) is 6.23 Å². The molecule has 2 heterocycles. The number of methoxy groups -OCH3 is 1. The van der Waals surface area contributed by atoms with Crippen LogP contribution in [0.5, 0.6) is 0 Å². The molecule has 9 nitrogen and oxygen atoms in total. The van der Waals surface area contributed by atoms with E-state index in [2.05, 4.69) is 0 Å². The summed E-state index contributed by atoms with van der Waals surface area (Å²) in [5.41, 5.74) is -0.375. The highest BCUT2D eigenvalue weighted by Crippen LogP contribution is 2.54. The number of fused-ring (bicyclic) bond motifs is 1. The molecule has 180 valence electrons. The highest BCUT2D eigenvalue weighted by Gasteiger charge is 2.60. The maximum Gasteiger partial charge on any atom is 0.510 e. The summed E-state index contributed by atoms with van der Waals surface area (Å²) >= 11 is 0. The molecule has 1 saturated heterocycles. The van der Waals surface area contributed by atoms with Crippen LogP contribution in [0.1, 0.15) is 53.0 Å². The molecule has 1 aromatic rings. The molecule has 0 N–H and O–H groups in total. The van der Waals surface area contributed by atoms with Gasteiger partial charge in [0, 0.05) is 18.5 Å². The van der Waals surface area contributed by atoms with Crippen LogP contribution in [0, 0.1) is 5.82 Å². The topological polar surface area (TPSA) is 94.6 Å². The van der Waals surface area contributed by atoms with E-state index in [0.29, 0.717) is 16.8 Å². The van der Waals surface area contributed by atoms with Gasteiger partial charge in [0.15, 0.2) is 0 Å². The summed E-state index contributed by atoms with van der Waals surface area (Å²) in [6, 6.07) is 5.75. The van der Waals surface area contributed by atoms with Crippen LogP contribution < -0.4 is 0 Å². The zero-order valence-corrected chi connectivity index (χ0v) is 19.6. The maximum absolute atomic E-state index is 13.7. The van der Waals surface area contributed by atoms with Gasteiger partial charge in [-0.2, -0.15) is 5.01 Å². The van der Waals surface area contributed by atoms with Crippen molar-refractivity contribution in [3.05, 3.63) is 46.9 Å². The van der Waals surface area contributed by atoms with E-state index in [1.54, 1.807) is 51.8 Å². The molecule has 0 spiro atoms. The molecule has 2 aliphatic heterocycles. The second kappa shape index (κ2) is 8.92. The molecule has 0 radical (unpaired) electrons. The van der Waals surface area contributed by atoms with Crippen molar-refractivity contribution in [3.8, 4) is 0 Å². The molecule has 1 fully saturated rings. The average Bonchev–Trinajstić information content (AvgIpc) is 3.19. The van der Waals surface area contributed by atoms with Gasteiger partial charge >= 0.3 is 18.2 Å². The monoisotopic (exact) mass is 464 g/mol. The fourth-order valence-corrected chi connectivity index (χ4v) is 4.28. The summed E-state index contributed by atoms with van der Waals surface area (Å²) in [6.07, 6.45) is -2.59. The van der Waals surface area contributed by atoms with E-state index >= 15 is 0 Å². The smallest absolute Gasteiger partial charge is 0.463 e. The van der Waals surface area contributed by atoms with Crippen LogP contribution in [0.15, 0.2) is 35.5 Å². The fourth-order valence-electron chi connectivity index (χ4n) is 4.28. The third-order valence-electron chi connectivity index (χ3n) is 5.52. The van der Waals surface area contributed by atoms with Crippen molar-refractivity contribution < 1.29 is 37.7 Å². The minimum Gasteiger partial charge on any atom is -0.463 e. The van der Waals surface area contributed by atoms with Crippen molar-refractivity contribution in [2.45, 2.75) is 64.8 Å². The Balaban J connectivity index is 2.09. The number of nitrogens with zero attached hydrogens (tertiary/aromatic N) is 2. The van der Waals surface area contributed by atoms with Gasteiger partial charge in [-0.25, -0.2) is 18.8 Å². The Morgan fingerprint density at radius 1 is 1.18 bits per heavy atom. The van der Waals surface area contributed by atoms with Gasteiger partial charge in [-0.05, 0) is 52.3 Å². The number of esters is 1. The minimum atomic E-state index is -1.09. The lowest BCUT2D eigenvalue weighted by Gasteiger charge is -2.38. The summed E-state index contributed by atoms with van der Waals surface area (Å²) in [4.78, 5) is 37.9. The predicted molar refractivity (Wildman–Crippen MR) is 114 cm³/mol. The van der Waals surface area contributed by atoms with Gasteiger partial charge in [-0.1, -0.05) is 12.1 Å². The van der Waals surface area contributed by atoms with E-state index in [1.807, 2.05) is 0 Å². The molecular weight excluding hydrogens is 435 g/mol. The quantitative estimate of drug-likeness (QED) is 0.483. The molecule has 2 aliphatic rings. The fraction of sp³-hybridized carbons (Fsp3) is 0.522. The van der Waals surface area contributed by atoms with Gasteiger partial charge in [-0.3, -0.25) is 5.01 Å². The standard InChI is InChI=1S/C23H29FN2O7/c1-7-31-19(27)17-12-23(15-8-10-16(24)11-9-15)13-18(32-21(29)33-22(3,4)5)25(20(28)30-6)26(23)14(17)2/h8-11,18H,7,12-13H2,1-6H3/t18-,23+/m1/s1. The van der Waals surface area contributed by atoms with E-state index in [1.165, 1.54) is 19.2 Å². The highest BCUT2D eigenvalue weighted by molar-refractivity contribution is 5.90. The van der Waals surface area contributed by atoms with Gasteiger partial charge in [0.05, 0.1) is 24.8 Å². The third-order valence-corrected chi connectivity index (χ3v) is 5.52. The van der Waals surface area contributed by atoms with Gasteiger partial charge in [0.25, 0.3) is 0 Å². The molecule has 1 amide bonds. The summed E-state index contributed by atoms with van der Waals surface area (Å²) in [7, 11) is 1.20. The second-order valence-electron chi connectivity index (χ2n) is 8.87. The van der Waals surface area contributed by atoms with Crippen LogP contribution in [-0.2, 0) is 29.3 Å². The number of halogens is 1. The Hall–Kier alpha value is -3.30. The molecule has 0 saturated carbocycles. The Kier molecular flexibility index (Phi) is 6.58. The zero-order chi connectivity index (χ0) is 24.6. The second-order valence-corrected chi connectivity index (χ2v) is 8.87. The summed E-state index contributed by atoms with van der Waals surface area (Å²) in [5.74, 6) is -0.945.